The minimum Gasteiger partial charge on any atom is -0.481 e. The molecule has 5 heteroatoms. The number of anilines is 1. The van der Waals surface area contributed by atoms with E-state index < -0.39 is 11.9 Å². The van der Waals surface area contributed by atoms with Gasteiger partial charge in [0.2, 0.25) is 5.91 Å². The van der Waals surface area contributed by atoms with Crippen LogP contribution in [0.4, 0.5) is 5.69 Å². The van der Waals surface area contributed by atoms with Crippen molar-refractivity contribution in [2.75, 3.05) is 5.32 Å². The highest BCUT2D eigenvalue weighted by atomic mass is 16.4. The Labute approximate surface area is 105 Å². The number of carbonyl (C=O) groups is 3. The first-order chi connectivity index (χ1) is 8.40. The molecule has 0 aliphatic carbocycles. The van der Waals surface area contributed by atoms with Crippen LogP contribution in [-0.2, 0) is 9.59 Å². The number of hydrogen-bond acceptors (Lipinski definition) is 3. The number of Topliss-reactive ketones (excluding diaryl/α,β-unsaturated/α-hetero) is 1. The zero-order valence-corrected chi connectivity index (χ0v) is 10.3. The Balaban J connectivity index is 2.64. The van der Waals surface area contributed by atoms with Crippen LogP contribution in [0.25, 0.3) is 0 Å². The standard InChI is InChI=1S/C13H15NO4/c1-8(7-12(16)17)13(18)14-11-5-3-10(4-6-11)9(2)15/h3-6,8H,7H2,1-2H3,(H,14,18)(H,16,17). The van der Waals surface area contributed by atoms with Gasteiger partial charge in [-0.1, -0.05) is 6.92 Å². The fourth-order valence-electron chi connectivity index (χ4n) is 1.41. The van der Waals surface area contributed by atoms with E-state index in [1.54, 1.807) is 31.2 Å². The SMILES string of the molecule is CC(=O)c1ccc(NC(=O)C(C)CC(=O)O)cc1. The number of ketones is 1. The molecule has 0 aliphatic heterocycles. The van der Waals surface area contributed by atoms with E-state index in [0.717, 1.165) is 0 Å². The molecular formula is C13H15NO4. The molecule has 96 valence electrons. The van der Waals surface area contributed by atoms with Gasteiger partial charge in [0.25, 0.3) is 0 Å². The summed E-state index contributed by atoms with van der Waals surface area (Å²) in [4.78, 5) is 33.1. The van der Waals surface area contributed by atoms with Gasteiger partial charge < -0.3 is 10.4 Å². The molecule has 1 unspecified atom stereocenters. The van der Waals surface area contributed by atoms with Crippen molar-refractivity contribution in [1.82, 2.24) is 0 Å². The van der Waals surface area contributed by atoms with Gasteiger partial charge in [0.15, 0.2) is 5.78 Å². The Morgan fingerprint density at radius 1 is 1.22 bits per heavy atom. The second kappa shape index (κ2) is 5.95. The maximum Gasteiger partial charge on any atom is 0.304 e. The molecule has 1 atom stereocenters. The normalized spacial score (nSPS) is 11.7. The first-order valence-corrected chi connectivity index (χ1v) is 5.54. The molecule has 0 aliphatic rings. The maximum atomic E-state index is 11.6. The molecule has 0 radical (unpaired) electrons. The minimum absolute atomic E-state index is 0.0490. The third kappa shape index (κ3) is 4.01. The zero-order chi connectivity index (χ0) is 13.7. The van der Waals surface area contributed by atoms with Crippen molar-refractivity contribution >= 4 is 23.3 Å². The number of rotatable bonds is 5. The zero-order valence-electron chi connectivity index (χ0n) is 10.3. The van der Waals surface area contributed by atoms with Gasteiger partial charge in [-0.15, -0.1) is 0 Å². The summed E-state index contributed by atoms with van der Waals surface area (Å²) < 4.78 is 0. The summed E-state index contributed by atoms with van der Waals surface area (Å²) in [5, 5.41) is 11.2. The summed E-state index contributed by atoms with van der Waals surface area (Å²) >= 11 is 0. The second-order valence-electron chi connectivity index (χ2n) is 4.12. The van der Waals surface area contributed by atoms with Crippen LogP contribution in [0.3, 0.4) is 0 Å². The maximum absolute atomic E-state index is 11.6. The molecule has 1 aromatic rings. The third-order valence-electron chi connectivity index (χ3n) is 2.49. The molecule has 2 N–H and O–H groups in total. The van der Waals surface area contributed by atoms with E-state index in [0.29, 0.717) is 11.3 Å². The molecule has 0 saturated carbocycles. The summed E-state index contributed by atoms with van der Waals surface area (Å²) in [6, 6.07) is 6.45. The number of amides is 1. The Morgan fingerprint density at radius 3 is 2.22 bits per heavy atom. The highest BCUT2D eigenvalue weighted by Gasteiger charge is 2.16. The average molecular weight is 249 g/mol. The van der Waals surface area contributed by atoms with E-state index in [-0.39, 0.29) is 18.1 Å². The quantitative estimate of drug-likeness (QED) is 0.781. The average Bonchev–Trinajstić information content (AvgIpc) is 2.28. The minimum atomic E-state index is -1.01. The van der Waals surface area contributed by atoms with Gasteiger partial charge in [-0.3, -0.25) is 14.4 Å². The molecule has 1 amide bonds. The van der Waals surface area contributed by atoms with Crippen molar-refractivity contribution < 1.29 is 19.5 Å². The van der Waals surface area contributed by atoms with Crippen molar-refractivity contribution in [2.45, 2.75) is 20.3 Å². The fourth-order valence-corrected chi connectivity index (χ4v) is 1.41. The van der Waals surface area contributed by atoms with Gasteiger partial charge in [0.05, 0.1) is 6.42 Å². The highest BCUT2D eigenvalue weighted by molar-refractivity contribution is 5.96. The second-order valence-corrected chi connectivity index (χ2v) is 4.12. The largest absolute Gasteiger partial charge is 0.481 e. The molecule has 0 heterocycles. The predicted molar refractivity (Wildman–Crippen MR) is 66.5 cm³/mol. The van der Waals surface area contributed by atoms with E-state index in [1.165, 1.54) is 6.92 Å². The van der Waals surface area contributed by atoms with Crippen LogP contribution in [0, 0.1) is 5.92 Å². The van der Waals surface area contributed by atoms with Crippen LogP contribution in [0.15, 0.2) is 24.3 Å². The summed E-state index contributed by atoms with van der Waals surface area (Å²) in [5.41, 5.74) is 1.11. The lowest BCUT2D eigenvalue weighted by Gasteiger charge is -2.10. The molecule has 0 bridgehead atoms. The first kappa shape index (κ1) is 13.9. The van der Waals surface area contributed by atoms with Crippen molar-refractivity contribution in [1.29, 1.82) is 0 Å². The molecule has 18 heavy (non-hydrogen) atoms. The highest BCUT2D eigenvalue weighted by Crippen LogP contribution is 2.12. The lowest BCUT2D eigenvalue weighted by molar-refractivity contribution is -0.139. The van der Waals surface area contributed by atoms with Gasteiger partial charge in [-0.2, -0.15) is 0 Å². The number of nitrogens with one attached hydrogen (secondary N) is 1. The molecular weight excluding hydrogens is 234 g/mol. The van der Waals surface area contributed by atoms with Gasteiger partial charge >= 0.3 is 5.97 Å². The Hall–Kier alpha value is -2.17. The summed E-state index contributed by atoms with van der Waals surface area (Å²) in [7, 11) is 0. The summed E-state index contributed by atoms with van der Waals surface area (Å²) in [6.07, 6.45) is -0.211. The lowest BCUT2D eigenvalue weighted by atomic mass is 10.1. The lowest BCUT2D eigenvalue weighted by Crippen LogP contribution is -2.22. The number of hydrogen-bond donors (Lipinski definition) is 2. The van der Waals surface area contributed by atoms with Crippen LogP contribution < -0.4 is 5.32 Å². The predicted octanol–water partition coefficient (Wildman–Crippen LogP) is 1.94. The molecule has 5 nitrogen and oxygen atoms in total. The van der Waals surface area contributed by atoms with Crippen molar-refractivity contribution in [3.8, 4) is 0 Å². The van der Waals surface area contributed by atoms with E-state index >= 15 is 0 Å². The molecule has 1 aromatic carbocycles. The van der Waals surface area contributed by atoms with Gasteiger partial charge in [0.1, 0.15) is 0 Å². The Morgan fingerprint density at radius 2 is 1.78 bits per heavy atom. The Bertz CT molecular complexity index is 464. The van der Waals surface area contributed by atoms with Crippen LogP contribution >= 0.6 is 0 Å². The van der Waals surface area contributed by atoms with E-state index in [1.807, 2.05) is 0 Å². The molecule has 0 fully saturated rings. The van der Waals surface area contributed by atoms with Gasteiger partial charge in [0, 0.05) is 17.2 Å². The van der Waals surface area contributed by atoms with Crippen LogP contribution in [0.2, 0.25) is 0 Å². The molecule has 1 rings (SSSR count). The first-order valence-electron chi connectivity index (χ1n) is 5.54. The molecule has 0 aromatic heterocycles. The van der Waals surface area contributed by atoms with Crippen molar-refractivity contribution in [2.24, 2.45) is 5.92 Å². The van der Waals surface area contributed by atoms with Crippen LogP contribution in [-0.4, -0.2) is 22.8 Å². The van der Waals surface area contributed by atoms with Crippen molar-refractivity contribution in [3.63, 3.8) is 0 Å². The number of carboxylic acid groups (broad SMARTS) is 1. The summed E-state index contributed by atoms with van der Waals surface area (Å²) in [6.45, 7) is 3.01. The van der Waals surface area contributed by atoms with E-state index in [2.05, 4.69) is 5.32 Å². The molecule has 0 spiro atoms. The smallest absolute Gasteiger partial charge is 0.304 e. The van der Waals surface area contributed by atoms with Crippen molar-refractivity contribution in [3.05, 3.63) is 29.8 Å². The third-order valence-corrected chi connectivity index (χ3v) is 2.49. The number of carboxylic acids is 1. The topological polar surface area (TPSA) is 83.5 Å². The van der Waals surface area contributed by atoms with Gasteiger partial charge in [-0.05, 0) is 31.2 Å². The Kier molecular flexibility index (Phi) is 4.59. The number of carbonyl (C=O) groups excluding carboxylic acids is 2. The molecule has 0 saturated heterocycles. The number of aliphatic carboxylic acids is 1. The summed E-state index contributed by atoms with van der Waals surface area (Å²) in [5.74, 6) is -2.01. The van der Waals surface area contributed by atoms with E-state index in [9.17, 15) is 14.4 Å². The van der Waals surface area contributed by atoms with Crippen LogP contribution in [0.1, 0.15) is 30.6 Å². The van der Waals surface area contributed by atoms with Crippen LogP contribution in [0.5, 0.6) is 0 Å². The van der Waals surface area contributed by atoms with Gasteiger partial charge in [-0.25, -0.2) is 0 Å². The van der Waals surface area contributed by atoms with E-state index in [4.69, 9.17) is 5.11 Å². The monoisotopic (exact) mass is 249 g/mol. The number of benzene rings is 1. The fraction of sp³-hybridized carbons (Fsp3) is 0.308.